The lowest BCUT2D eigenvalue weighted by Crippen LogP contribution is -2.56. The van der Waals surface area contributed by atoms with E-state index in [1.54, 1.807) is 0 Å². The Morgan fingerprint density at radius 1 is 1.32 bits per heavy atom. The highest BCUT2D eigenvalue weighted by Crippen LogP contribution is 2.26. The minimum absolute atomic E-state index is 0.143. The molecule has 3 amide bonds. The van der Waals surface area contributed by atoms with Gasteiger partial charge in [0, 0.05) is 0 Å². The summed E-state index contributed by atoms with van der Waals surface area (Å²) in [4.78, 5) is 23.2. The summed E-state index contributed by atoms with van der Waals surface area (Å²) < 4.78 is 11.0. The van der Waals surface area contributed by atoms with E-state index in [-0.39, 0.29) is 12.5 Å². The molecule has 0 aliphatic carbocycles. The zero-order valence-electron chi connectivity index (χ0n) is 10.2. The molecule has 0 radical (unpaired) electrons. The van der Waals surface area contributed by atoms with Gasteiger partial charge in [-0.2, -0.15) is 0 Å². The summed E-state index contributed by atoms with van der Waals surface area (Å²) in [5.74, 6) is -0.381. The SMILES string of the molecule is O=C1NC(=O)C2(COCC2OCc2ccccc2)N1. The van der Waals surface area contributed by atoms with Crippen molar-refractivity contribution in [3.05, 3.63) is 35.9 Å². The Bertz CT molecular complexity index is 505. The topological polar surface area (TPSA) is 76.7 Å². The molecular weight excluding hydrogens is 248 g/mol. The number of nitrogens with one attached hydrogen (secondary N) is 2. The second-order valence-corrected chi connectivity index (χ2v) is 4.68. The number of hydrogen-bond donors (Lipinski definition) is 2. The molecule has 2 aliphatic heterocycles. The Kier molecular flexibility index (Phi) is 2.96. The normalized spacial score (nSPS) is 29.6. The first-order chi connectivity index (χ1) is 9.21. The highest BCUT2D eigenvalue weighted by Gasteiger charge is 2.56. The second-order valence-electron chi connectivity index (χ2n) is 4.68. The quantitative estimate of drug-likeness (QED) is 0.762. The van der Waals surface area contributed by atoms with Gasteiger partial charge in [0.2, 0.25) is 0 Å². The number of imide groups is 1. The maximum Gasteiger partial charge on any atom is 0.322 e. The van der Waals surface area contributed by atoms with Crippen LogP contribution >= 0.6 is 0 Å². The Labute approximate surface area is 110 Å². The number of urea groups is 1. The van der Waals surface area contributed by atoms with Crippen molar-refractivity contribution in [2.45, 2.75) is 18.2 Å². The minimum Gasteiger partial charge on any atom is -0.376 e. The second kappa shape index (κ2) is 4.64. The maximum absolute atomic E-state index is 11.9. The van der Waals surface area contributed by atoms with Crippen molar-refractivity contribution in [3.8, 4) is 0 Å². The summed E-state index contributed by atoms with van der Waals surface area (Å²) in [5, 5.41) is 4.84. The van der Waals surface area contributed by atoms with Crippen molar-refractivity contribution in [2.24, 2.45) is 0 Å². The van der Waals surface area contributed by atoms with Gasteiger partial charge in [0.25, 0.3) is 5.91 Å². The summed E-state index contributed by atoms with van der Waals surface area (Å²) in [6, 6.07) is 9.15. The predicted octanol–water partition coefficient (Wildman–Crippen LogP) is 0.180. The van der Waals surface area contributed by atoms with E-state index in [0.717, 1.165) is 5.56 Å². The lowest BCUT2D eigenvalue weighted by Gasteiger charge is -2.25. The number of amides is 3. The van der Waals surface area contributed by atoms with Crippen LogP contribution in [0.4, 0.5) is 4.79 Å². The molecule has 2 aliphatic rings. The molecular formula is C13H14N2O4. The van der Waals surface area contributed by atoms with Crippen LogP contribution in [-0.2, 0) is 20.9 Å². The monoisotopic (exact) mass is 262 g/mol. The van der Waals surface area contributed by atoms with Gasteiger partial charge in [0.15, 0.2) is 5.54 Å². The molecule has 1 aromatic carbocycles. The standard InChI is InChI=1S/C13H14N2O4/c16-11-13(15-12(17)14-11)8-18-7-10(13)19-6-9-4-2-1-3-5-9/h1-5,10H,6-8H2,(H2,14,15,16,17). The molecule has 2 atom stereocenters. The molecule has 3 rings (SSSR count). The molecule has 0 aromatic heterocycles. The van der Waals surface area contributed by atoms with E-state index in [1.165, 1.54) is 0 Å². The Hall–Kier alpha value is -1.92. The van der Waals surface area contributed by atoms with E-state index in [9.17, 15) is 9.59 Å². The number of ether oxygens (including phenoxy) is 2. The van der Waals surface area contributed by atoms with Crippen LogP contribution in [0.25, 0.3) is 0 Å². The summed E-state index contributed by atoms with van der Waals surface area (Å²) in [6.07, 6.45) is -0.473. The molecule has 6 nitrogen and oxygen atoms in total. The Morgan fingerprint density at radius 3 is 2.79 bits per heavy atom. The first-order valence-corrected chi connectivity index (χ1v) is 6.07. The third kappa shape index (κ3) is 2.09. The third-order valence-corrected chi connectivity index (χ3v) is 3.41. The lowest BCUT2D eigenvalue weighted by molar-refractivity contribution is -0.128. The van der Waals surface area contributed by atoms with E-state index in [1.807, 2.05) is 30.3 Å². The molecule has 0 bridgehead atoms. The van der Waals surface area contributed by atoms with Crippen molar-refractivity contribution in [2.75, 3.05) is 13.2 Å². The van der Waals surface area contributed by atoms with Crippen LogP contribution < -0.4 is 10.6 Å². The highest BCUT2D eigenvalue weighted by atomic mass is 16.6. The smallest absolute Gasteiger partial charge is 0.322 e. The number of carbonyl (C=O) groups excluding carboxylic acids is 2. The van der Waals surface area contributed by atoms with E-state index in [4.69, 9.17) is 9.47 Å². The van der Waals surface area contributed by atoms with E-state index in [0.29, 0.717) is 13.2 Å². The van der Waals surface area contributed by atoms with Gasteiger partial charge in [-0.05, 0) is 5.56 Å². The van der Waals surface area contributed by atoms with Gasteiger partial charge in [-0.3, -0.25) is 10.1 Å². The van der Waals surface area contributed by atoms with Crippen LogP contribution in [0.3, 0.4) is 0 Å². The van der Waals surface area contributed by atoms with E-state index < -0.39 is 17.7 Å². The fourth-order valence-electron chi connectivity index (χ4n) is 2.36. The zero-order chi connectivity index (χ0) is 13.3. The number of carbonyl (C=O) groups is 2. The Balaban J connectivity index is 1.71. The van der Waals surface area contributed by atoms with Gasteiger partial charge in [-0.1, -0.05) is 30.3 Å². The molecule has 6 heteroatoms. The van der Waals surface area contributed by atoms with Crippen LogP contribution in [0, 0.1) is 0 Å². The van der Waals surface area contributed by atoms with Crippen LogP contribution in [0.2, 0.25) is 0 Å². The molecule has 0 saturated carbocycles. The average molecular weight is 262 g/mol. The number of benzene rings is 1. The van der Waals surface area contributed by atoms with Crippen molar-refractivity contribution < 1.29 is 19.1 Å². The molecule has 19 heavy (non-hydrogen) atoms. The van der Waals surface area contributed by atoms with Gasteiger partial charge >= 0.3 is 6.03 Å². The lowest BCUT2D eigenvalue weighted by atomic mass is 9.96. The summed E-state index contributed by atoms with van der Waals surface area (Å²) in [7, 11) is 0. The van der Waals surface area contributed by atoms with Gasteiger partial charge in [-0.15, -0.1) is 0 Å². The molecule has 2 heterocycles. The molecule has 2 fully saturated rings. The summed E-state index contributed by atoms with van der Waals surface area (Å²) >= 11 is 0. The number of hydrogen-bond acceptors (Lipinski definition) is 4. The maximum atomic E-state index is 11.9. The fourth-order valence-corrected chi connectivity index (χ4v) is 2.36. The van der Waals surface area contributed by atoms with Gasteiger partial charge in [0.1, 0.15) is 6.10 Å². The van der Waals surface area contributed by atoms with Crippen molar-refractivity contribution in [3.63, 3.8) is 0 Å². The van der Waals surface area contributed by atoms with Crippen molar-refractivity contribution >= 4 is 11.9 Å². The highest BCUT2D eigenvalue weighted by molar-refractivity contribution is 6.07. The fraction of sp³-hybridized carbons (Fsp3) is 0.385. The molecule has 100 valence electrons. The van der Waals surface area contributed by atoms with Crippen LogP contribution in [0.15, 0.2) is 30.3 Å². The molecule has 2 N–H and O–H groups in total. The Morgan fingerprint density at radius 2 is 2.11 bits per heavy atom. The first kappa shape index (κ1) is 12.1. The molecule has 1 spiro atoms. The largest absolute Gasteiger partial charge is 0.376 e. The first-order valence-electron chi connectivity index (χ1n) is 6.07. The van der Waals surface area contributed by atoms with Crippen LogP contribution in [0.1, 0.15) is 5.56 Å². The van der Waals surface area contributed by atoms with E-state index >= 15 is 0 Å². The summed E-state index contributed by atoms with van der Waals surface area (Å²) in [5.41, 5.74) is -0.0689. The minimum atomic E-state index is -1.08. The van der Waals surface area contributed by atoms with Gasteiger partial charge in [-0.25, -0.2) is 4.79 Å². The van der Waals surface area contributed by atoms with Crippen molar-refractivity contribution in [1.82, 2.24) is 10.6 Å². The predicted molar refractivity (Wildman–Crippen MR) is 65.2 cm³/mol. The average Bonchev–Trinajstić information content (AvgIpc) is 2.93. The zero-order valence-corrected chi connectivity index (χ0v) is 10.2. The van der Waals surface area contributed by atoms with Crippen molar-refractivity contribution in [1.29, 1.82) is 0 Å². The van der Waals surface area contributed by atoms with Crippen LogP contribution in [0.5, 0.6) is 0 Å². The molecule has 1 aromatic rings. The number of rotatable bonds is 3. The summed E-state index contributed by atoms with van der Waals surface area (Å²) in [6.45, 7) is 0.810. The molecule has 2 unspecified atom stereocenters. The van der Waals surface area contributed by atoms with Gasteiger partial charge in [0.05, 0.1) is 19.8 Å². The van der Waals surface area contributed by atoms with Crippen LogP contribution in [-0.4, -0.2) is 36.8 Å². The third-order valence-electron chi connectivity index (χ3n) is 3.41. The molecule has 2 saturated heterocycles. The van der Waals surface area contributed by atoms with E-state index in [2.05, 4.69) is 10.6 Å². The van der Waals surface area contributed by atoms with Gasteiger partial charge < -0.3 is 14.8 Å².